The molecule has 8 nitrogen and oxygen atoms in total. The van der Waals surface area contributed by atoms with E-state index in [1.54, 1.807) is 18.2 Å². The predicted molar refractivity (Wildman–Crippen MR) is 99.6 cm³/mol. The summed E-state index contributed by atoms with van der Waals surface area (Å²) in [4.78, 5) is 27.1. The van der Waals surface area contributed by atoms with E-state index in [1.165, 1.54) is 23.7 Å². The number of halogens is 1. The molecule has 0 saturated heterocycles. The van der Waals surface area contributed by atoms with E-state index in [2.05, 4.69) is 15.0 Å². The highest BCUT2D eigenvalue weighted by Gasteiger charge is 2.18. The van der Waals surface area contributed by atoms with Crippen LogP contribution in [0.1, 0.15) is 20.8 Å². The van der Waals surface area contributed by atoms with Crippen molar-refractivity contribution in [1.29, 1.82) is 5.26 Å². The molecule has 0 aliphatic carbocycles. The summed E-state index contributed by atoms with van der Waals surface area (Å²) in [5.74, 6) is -0.998. The first-order chi connectivity index (χ1) is 14.0. The van der Waals surface area contributed by atoms with Crippen molar-refractivity contribution in [2.75, 3.05) is 0 Å². The van der Waals surface area contributed by atoms with Crippen LogP contribution >= 0.6 is 11.3 Å². The fraction of sp³-hybridized carbons (Fsp3) is 0.0526. The van der Waals surface area contributed by atoms with E-state index >= 15 is 0 Å². The highest BCUT2D eigenvalue weighted by Crippen LogP contribution is 2.27. The van der Waals surface area contributed by atoms with E-state index in [1.807, 2.05) is 6.07 Å². The molecule has 0 fully saturated rings. The van der Waals surface area contributed by atoms with Gasteiger partial charge in [-0.15, -0.1) is 11.3 Å². The molecule has 0 aliphatic rings. The standard InChI is InChI=1S/C19H12FN3O5S/c20-15-7-14(28-19(25)26)5-4-12(15)9-22-17(24)16-18(23-10-29-16)27-13-3-1-2-11(6-13)8-21/h1-7,10H,9H2,(H,22,24)(H,25,26). The first kappa shape index (κ1) is 19.8. The van der Waals surface area contributed by atoms with Gasteiger partial charge in [0.1, 0.15) is 17.3 Å². The van der Waals surface area contributed by atoms with Crippen LogP contribution in [0.25, 0.3) is 0 Å². The highest BCUT2D eigenvalue weighted by molar-refractivity contribution is 7.12. The van der Waals surface area contributed by atoms with Gasteiger partial charge in [-0.3, -0.25) is 4.79 Å². The molecule has 3 aromatic rings. The molecule has 0 spiro atoms. The second-order valence-corrected chi connectivity index (χ2v) is 6.39. The number of carbonyl (C=O) groups is 2. The van der Waals surface area contributed by atoms with Crippen molar-refractivity contribution in [2.45, 2.75) is 6.54 Å². The van der Waals surface area contributed by atoms with E-state index < -0.39 is 17.9 Å². The van der Waals surface area contributed by atoms with E-state index in [9.17, 15) is 14.0 Å². The maximum atomic E-state index is 14.0. The van der Waals surface area contributed by atoms with Gasteiger partial charge in [0.25, 0.3) is 5.91 Å². The summed E-state index contributed by atoms with van der Waals surface area (Å²) in [5.41, 5.74) is 1.97. The lowest BCUT2D eigenvalue weighted by atomic mass is 10.2. The largest absolute Gasteiger partial charge is 0.511 e. The van der Waals surface area contributed by atoms with Gasteiger partial charge in [-0.2, -0.15) is 5.26 Å². The number of ether oxygens (including phenoxy) is 2. The number of rotatable bonds is 6. The molecule has 29 heavy (non-hydrogen) atoms. The smallest absolute Gasteiger partial charge is 0.449 e. The number of carbonyl (C=O) groups excluding carboxylic acids is 1. The van der Waals surface area contributed by atoms with E-state index in [4.69, 9.17) is 15.1 Å². The molecule has 0 bridgehead atoms. The van der Waals surface area contributed by atoms with Crippen LogP contribution in [0.4, 0.5) is 9.18 Å². The van der Waals surface area contributed by atoms with Gasteiger partial charge in [0, 0.05) is 18.2 Å². The molecule has 2 aromatic carbocycles. The molecule has 1 aromatic heterocycles. The Bertz CT molecular complexity index is 1110. The third-order valence-corrected chi connectivity index (χ3v) is 4.39. The molecule has 1 amide bonds. The van der Waals surface area contributed by atoms with Crippen LogP contribution in [-0.2, 0) is 6.54 Å². The fourth-order valence-corrected chi connectivity index (χ4v) is 2.92. The van der Waals surface area contributed by atoms with Gasteiger partial charge in [0.2, 0.25) is 5.88 Å². The highest BCUT2D eigenvalue weighted by atomic mass is 32.1. The van der Waals surface area contributed by atoms with Crippen molar-refractivity contribution in [2.24, 2.45) is 0 Å². The molecule has 3 rings (SSSR count). The summed E-state index contributed by atoms with van der Waals surface area (Å²) < 4.78 is 24.0. The van der Waals surface area contributed by atoms with Gasteiger partial charge in [-0.1, -0.05) is 12.1 Å². The van der Waals surface area contributed by atoms with Crippen molar-refractivity contribution in [3.8, 4) is 23.4 Å². The molecule has 0 atom stereocenters. The number of amides is 1. The van der Waals surface area contributed by atoms with Gasteiger partial charge in [-0.05, 0) is 24.3 Å². The molecule has 10 heteroatoms. The van der Waals surface area contributed by atoms with Crippen LogP contribution in [-0.4, -0.2) is 22.2 Å². The Morgan fingerprint density at radius 1 is 1.24 bits per heavy atom. The quantitative estimate of drug-likeness (QED) is 0.464. The third kappa shape index (κ3) is 5.06. The zero-order valence-electron chi connectivity index (χ0n) is 14.6. The summed E-state index contributed by atoms with van der Waals surface area (Å²) in [6.45, 7) is -0.140. The van der Waals surface area contributed by atoms with Crippen molar-refractivity contribution in [3.05, 3.63) is 69.8 Å². The minimum absolute atomic E-state index is 0.0632. The number of aromatic nitrogens is 1. The van der Waals surface area contributed by atoms with E-state index in [-0.39, 0.29) is 28.6 Å². The molecule has 1 heterocycles. The predicted octanol–water partition coefficient (Wildman–Crippen LogP) is 3.93. The maximum Gasteiger partial charge on any atom is 0.511 e. The minimum Gasteiger partial charge on any atom is -0.449 e. The molecule has 2 N–H and O–H groups in total. The lowest BCUT2D eigenvalue weighted by Crippen LogP contribution is -2.23. The normalized spacial score (nSPS) is 10.1. The fourth-order valence-electron chi connectivity index (χ4n) is 2.29. The van der Waals surface area contributed by atoms with Crippen LogP contribution in [0.3, 0.4) is 0 Å². The Kier molecular flexibility index (Phi) is 6.01. The van der Waals surface area contributed by atoms with Gasteiger partial charge >= 0.3 is 6.16 Å². The third-order valence-electron chi connectivity index (χ3n) is 3.59. The second-order valence-electron chi connectivity index (χ2n) is 5.53. The zero-order valence-corrected chi connectivity index (χ0v) is 15.4. The summed E-state index contributed by atoms with van der Waals surface area (Å²) in [6, 6.07) is 11.9. The van der Waals surface area contributed by atoms with Crippen LogP contribution in [0.5, 0.6) is 17.4 Å². The Labute approximate surface area is 167 Å². The maximum absolute atomic E-state index is 14.0. The summed E-state index contributed by atoms with van der Waals surface area (Å²) in [5, 5.41) is 20.0. The van der Waals surface area contributed by atoms with Crippen molar-refractivity contribution >= 4 is 23.4 Å². The lowest BCUT2D eigenvalue weighted by molar-refractivity contribution is 0.0952. The lowest BCUT2D eigenvalue weighted by Gasteiger charge is -2.08. The number of hydrogen-bond acceptors (Lipinski definition) is 7. The summed E-state index contributed by atoms with van der Waals surface area (Å²) >= 11 is 1.04. The molecule has 0 radical (unpaired) electrons. The van der Waals surface area contributed by atoms with E-state index in [0.29, 0.717) is 11.3 Å². The first-order valence-electron chi connectivity index (χ1n) is 8.05. The number of nitrogens with zero attached hydrogens (tertiary/aromatic N) is 2. The van der Waals surface area contributed by atoms with Crippen LogP contribution in [0, 0.1) is 17.1 Å². The van der Waals surface area contributed by atoms with Crippen LogP contribution in [0.2, 0.25) is 0 Å². The zero-order chi connectivity index (χ0) is 20.8. The number of benzene rings is 2. The number of hydrogen-bond donors (Lipinski definition) is 2. The Morgan fingerprint density at radius 2 is 2.07 bits per heavy atom. The van der Waals surface area contributed by atoms with Gasteiger partial charge in [-0.25, -0.2) is 14.2 Å². The van der Waals surface area contributed by atoms with Gasteiger partial charge in [0.05, 0.1) is 17.1 Å². The molecular formula is C19H12FN3O5S. The van der Waals surface area contributed by atoms with Crippen molar-refractivity contribution < 1.29 is 28.6 Å². The monoisotopic (exact) mass is 413 g/mol. The topological polar surface area (TPSA) is 122 Å². The number of nitriles is 1. The Hall–Kier alpha value is -3.97. The average Bonchev–Trinajstić information content (AvgIpc) is 3.15. The van der Waals surface area contributed by atoms with Crippen LogP contribution in [0.15, 0.2) is 48.0 Å². The molecule has 0 aliphatic heterocycles. The number of thiazole rings is 1. The van der Waals surface area contributed by atoms with Crippen molar-refractivity contribution in [1.82, 2.24) is 10.3 Å². The molecule has 0 unspecified atom stereocenters. The SMILES string of the molecule is N#Cc1cccc(Oc2ncsc2C(=O)NCc2ccc(OC(=O)O)cc2F)c1. The van der Waals surface area contributed by atoms with Crippen LogP contribution < -0.4 is 14.8 Å². The molecular weight excluding hydrogens is 401 g/mol. The minimum atomic E-state index is -1.55. The van der Waals surface area contributed by atoms with Gasteiger partial charge in [0.15, 0.2) is 4.88 Å². The summed E-state index contributed by atoms with van der Waals surface area (Å²) in [6.07, 6.45) is -1.55. The average molecular weight is 413 g/mol. The Morgan fingerprint density at radius 3 is 2.79 bits per heavy atom. The van der Waals surface area contributed by atoms with Gasteiger partial charge < -0.3 is 19.9 Å². The van der Waals surface area contributed by atoms with Crippen molar-refractivity contribution in [3.63, 3.8) is 0 Å². The van der Waals surface area contributed by atoms with E-state index in [0.717, 1.165) is 17.4 Å². The number of nitrogens with one attached hydrogen (secondary N) is 1. The number of carboxylic acid groups (broad SMARTS) is 1. The molecule has 0 saturated carbocycles. The Balaban J connectivity index is 1.67. The molecule has 146 valence electrons. The first-order valence-corrected chi connectivity index (χ1v) is 8.93. The summed E-state index contributed by atoms with van der Waals surface area (Å²) in [7, 11) is 0. The second kappa shape index (κ2) is 8.81.